The Balaban J connectivity index is -0.000000210. The van der Waals surface area contributed by atoms with Crippen molar-refractivity contribution < 1.29 is 59.4 Å². The molecule has 3 amide bonds. The third-order valence-electron chi connectivity index (χ3n) is 4.62. The normalized spacial score (nSPS) is 9.23. The molecule has 0 aliphatic rings. The molecule has 0 saturated carbocycles. The number of carbonyl (C=O) groups excluding carboxylic acids is 3. The number of amides is 3. The van der Waals surface area contributed by atoms with Gasteiger partial charge >= 0.3 is 17.9 Å². The van der Waals surface area contributed by atoms with E-state index in [1.807, 2.05) is 6.92 Å². The van der Waals surface area contributed by atoms with E-state index in [9.17, 15) is 28.8 Å². The van der Waals surface area contributed by atoms with Crippen LogP contribution in [-0.4, -0.2) is 122 Å². The summed E-state index contributed by atoms with van der Waals surface area (Å²) in [5.74, 6) is -2.77. The van der Waals surface area contributed by atoms with Gasteiger partial charge < -0.3 is 45.3 Å². The molecule has 15 heteroatoms. The van der Waals surface area contributed by atoms with Gasteiger partial charge in [0.15, 0.2) is 0 Å². The Bertz CT molecular complexity index is 620. The van der Waals surface area contributed by atoms with E-state index in [0.29, 0.717) is 25.7 Å². The molecule has 0 atom stereocenters. The van der Waals surface area contributed by atoms with Crippen molar-refractivity contribution in [2.45, 2.75) is 32.6 Å². The Morgan fingerprint density at radius 2 is 0.846 bits per heavy atom. The molecule has 0 aliphatic carbocycles. The fourth-order valence-electron chi connectivity index (χ4n) is 1.72. The molecular weight excluding hydrogens is 522 g/mol. The van der Waals surface area contributed by atoms with Crippen molar-refractivity contribution in [3.63, 3.8) is 0 Å². The maximum absolute atomic E-state index is 10.0. The molecule has 0 aromatic heterocycles. The standard InChI is InChI=1S/3C6H9NO3.C6H14O3/c3*1-2-7(5-8)4-3-6(9)10;1-2-6(3-7,4-8)5-9/h3*2,5H,1,3-4H2,(H,9,10);7-9H,2-5H2,1H3. The van der Waals surface area contributed by atoms with Crippen LogP contribution in [0, 0.1) is 5.41 Å². The minimum absolute atomic E-state index is 0.0508. The van der Waals surface area contributed by atoms with Crippen molar-refractivity contribution in [2.24, 2.45) is 5.41 Å². The maximum Gasteiger partial charge on any atom is 0.305 e. The smallest absolute Gasteiger partial charge is 0.305 e. The lowest BCUT2D eigenvalue weighted by atomic mass is 9.88. The Morgan fingerprint density at radius 3 is 0.923 bits per heavy atom. The number of rotatable bonds is 19. The predicted molar refractivity (Wildman–Crippen MR) is 140 cm³/mol. The first-order valence-electron chi connectivity index (χ1n) is 11.3. The summed E-state index contributed by atoms with van der Waals surface area (Å²) in [5, 5.41) is 50.5. The fourth-order valence-corrected chi connectivity index (χ4v) is 1.72. The topological polar surface area (TPSA) is 234 Å². The summed E-state index contributed by atoms with van der Waals surface area (Å²) in [5.41, 5.74) is -0.667. The van der Waals surface area contributed by atoms with E-state index in [2.05, 4.69) is 19.7 Å². The maximum atomic E-state index is 10.0. The first-order chi connectivity index (χ1) is 18.3. The zero-order valence-electron chi connectivity index (χ0n) is 22.1. The molecule has 0 saturated heterocycles. The Morgan fingerprint density at radius 1 is 0.615 bits per heavy atom. The molecule has 0 radical (unpaired) electrons. The third kappa shape index (κ3) is 28.3. The van der Waals surface area contributed by atoms with Gasteiger partial charge in [-0.3, -0.25) is 28.8 Å². The van der Waals surface area contributed by atoms with Crippen molar-refractivity contribution in [3.05, 3.63) is 38.3 Å². The minimum Gasteiger partial charge on any atom is -0.481 e. The van der Waals surface area contributed by atoms with Crippen LogP contribution in [0.25, 0.3) is 0 Å². The Kier molecular flexibility index (Phi) is 30.7. The number of hydrogen-bond acceptors (Lipinski definition) is 9. The number of aliphatic carboxylic acids is 3. The van der Waals surface area contributed by atoms with E-state index in [1.165, 1.54) is 33.3 Å². The summed E-state index contributed by atoms with van der Waals surface area (Å²) >= 11 is 0. The second-order valence-corrected chi connectivity index (χ2v) is 7.34. The monoisotopic (exact) mass is 563 g/mol. The molecule has 0 aromatic rings. The van der Waals surface area contributed by atoms with Gasteiger partial charge in [0.05, 0.1) is 39.1 Å². The quantitative estimate of drug-likeness (QED) is 0.110. The summed E-state index contributed by atoms with van der Waals surface area (Å²) in [7, 11) is 0. The lowest BCUT2D eigenvalue weighted by molar-refractivity contribution is -0.138. The van der Waals surface area contributed by atoms with Crippen molar-refractivity contribution in [3.8, 4) is 0 Å². The van der Waals surface area contributed by atoms with Crippen LogP contribution in [0.2, 0.25) is 0 Å². The molecule has 15 nitrogen and oxygen atoms in total. The van der Waals surface area contributed by atoms with E-state index < -0.39 is 23.3 Å². The molecule has 39 heavy (non-hydrogen) atoms. The van der Waals surface area contributed by atoms with E-state index >= 15 is 0 Å². The average Bonchev–Trinajstić information content (AvgIpc) is 2.93. The van der Waals surface area contributed by atoms with E-state index in [1.54, 1.807) is 0 Å². The summed E-state index contributed by atoms with van der Waals surface area (Å²) in [6.45, 7) is 11.8. The second kappa shape index (κ2) is 28.5. The zero-order valence-corrected chi connectivity index (χ0v) is 22.1. The van der Waals surface area contributed by atoms with Crippen molar-refractivity contribution in [1.29, 1.82) is 0 Å². The predicted octanol–water partition coefficient (Wildman–Crippen LogP) is -0.451. The molecule has 0 aromatic carbocycles. The number of carbonyl (C=O) groups is 6. The van der Waals surface area contributed by atoms with Gasteiger partial charge in [-0.1, -0.05) is 26.7 Å². The van der Waals surface area contributed by atoms with Gasteiger partial charge in [-0.05, 0) is 25.0 Å². The van der Waals surface area contributed by atoms with Gasteiger partial charge in [-0.25, -0.2) is 0 Å². The number of hydrogen-bond donors (Lipinski definition) is 6. The van der Waals surface area contributed by atoms with Gasteiger partial charge in [0, 0.05) is 25.0 Å². The first-order valence-corrected chi connectivity index (χ1v) is 11.3. The Labute approximate surface area is 227 Å². The largest absolute Gasteiger partial charge is 0.481 e. The van der Waals surface area contributed by atoms with E-state index in [-0.39, 0.29) is 58.7 Å². The van der Waals surface area contributed by atoms with Gasteiger partial charge in [0.2, 0.25) is 19.2 Å². The molecule has 0 heterocycles. The van der Waals surface area contributed by atoms with Gasteiger partial charge in [-0.15, -0.1) is 0 Å². The van der Waals surface area contributed by atoms with Crippen LogP contribution in [0.4, 0.5) is 0 Å². The fraction of sp³-hybridized carbons (Fsp3) is 0.500. The van der Waals surface area contributed by atoms with Crippen LogP contribution >= 0.6 is 0 Å². The molecular formula is C24H41N3O12. The number of carboxylic acids is 3. The lowest BCUT2D eigenvalue weighted by Crippen LogP contribution is -2.32. The number of nitrogens with zero attached hydrogens (tertiary/aromatic N) is 3. The number of aliphatic hydroxyl groups excluding tert-OH is 3. The van der Waals surface area contributed by atoms with Crippen LogP contribution in [-0.2, 0) is 28.8 Å². The van der Waals surface area contributed by atoms with Gasteiger partial charge in [-0.2, -0.15) is 0 Å². The van der Waals surface area contributed by atoms with E-state index in [0.717, 1.165) is 0 Å². The Hall–Kier alpha value is -4.08. The van der Waals surface area contributed by atoms with Crippen LogP contribution in [0.3, 0.4) is 0 Å². The van der Waals surface area contributed by atoms with Crippen LogP contribution in [0.15, 0.2) is 38.3 Å². The summed E-state index contributed by atoms with van der Waals surface area (Å²) < 4.78 is 0. The molecule has 0 spiro atoms. The lowest BCUT2D eigenvalue weighted by Gasteiger charge is -2.24. The molecule has 0 unspecified atom stereocenters. The first kappa shape index (κ1) is 42.0. The number of aliphatic hydroxyl groups is 3. The molecule has 224 valence electrons. The highest BCUT2D eigenvalue weighted by Crippen LogP contribution is 2.18. The molecule has 0 bridgehead atoms. The van der Waals surface area contributed by atoms with E-state index in [4.69, 9.17) is 30.6 Å². The van der Waals surface area contributed by atoms with Crippen molar-refractivity contribution in [1.82, 2.24) is 14.7 Å². The summed E-state index contributed by atoms with van der Waals surface area (Å²) in [4.78, 5) is 63.4. The second-order valence-electron chi connectivity index (χ2n) is 7.34. The van der Waals surface area contributed by atoms with Crippen molar-refractivity contribution >= 4 is 37.1 Å². The van der Waals surface area contributed by atoms with Gasteiger partial charge in [0.25, 0.3) is 0 Å². The minimum atomic E-state index is -0.922. The molecule has 6 N–H and O–H groups in total. The molecule has 0 aliphatic heterocycles. The van der Waals surface area contributed by atoms with Crippen LogP contribution in [0.1, 0.15) is 32.6 Å². The van der Waals surface area contributed by atoms with Gasteiger partial charge in [0.1, 0.15) is 0 Å². The van der Waals surface area contributed by atoms with Crippen LogP contribution < -0.4 is 0 Å². The average molecular weight is 564 g/mol. The third-order valence-corrected chi connectivity index (χ3v) is 4.62. The molecule has 0 rings (SSSR count). The number of carboxylic acid groups (broad SMARTS) is 3. The zero-order chi connectivity index (χ0) is 31.3. The summed E-state index contributed by atoms with van der Waals surface area (Å²) in [6, 6.07) is 0. The SMILES string of the molecule is C=CN(C=O)CCC(=O)O.C=CN(C=O)CCC(=O)O.C=CN(C=O)CCC(=O)O.CCC(CO)(CO)CO. The highest BCUT2D eigenvalue weighted by molar-refractivity contribution is 5.68. The highest BCUT2D eigenvalue weighted by atomic mass is 16.4. The highest BCUT2D eigenvalue weighted by Gasteiger charge is 2.24. The summed E-state index contributed by atoms with van der Waals surface area (Å²) in [6.07, 6.45) is 5.92. The van der Waals surface area contributed by atoms with Crippen molar-refractivity contribution in [2.75, 3.05) is 39.5 Å². The molecule has 0 fully saturated rings. The van der Waals surface area contributed by atoms with Crippen LogP contribution in [0.5, 0.6) is 0 Å².